The van der Waals surface area contributed by atoms with Crippen molar-refractivity contribution >= 4 is 5.91 Å². The maximum atomic E-state index is 12.1. The molecule has 0 N–H and O–H groups in total. The van der Waals surface area contributed by atoms with E-state index in [2.05, 4.69) is 5.92 Å². The minimum atomic E-state index is 0.00454. The fraction of sp³-hybridized carbons (Fsp3) is 0.750. The fourth-order valence-corrected chi connectivity index (χ4v) is 1.94. The van der Waals surface area contributed by atoms with Gasteiger partial charge in [-0.3, -0.25) is 4.79 Å². The molecule has 0 saturated carbocycles. The standard InChI is InChI=1S/C12H19NO2/c1-4-7-13(8-5-2)12(14)11-6-9-15-10(11)3/h1,10-11H,5-9H2,2-3H3. The molecule has 2 atom stereocenters. The minimum Gasteiger partial charge on any atom is -0.378 e. The summed E-state index contributed by atoms with van der Waals surface area (Å²) in [6.45, 7) is 5.84. The third kappa shape index (κ3) is 2.97. The molecule has 1 heterocycles. The number of carbonyl (C=O) groups is 1. The van der Waals surface area contributed by atoms with E-state index in [4.69, 9.17) is 11.2 Å². The predicted octanol–water partition coefficient (Wildman–Crippen LogP) is 1.28. The third-order valence-electron chi connectivity index (χ3n) is 2.78. The van der Waals surface area contributed by atoms with Crippen LogP contribution in [-0.4, -0.2) is 36.6 Å². The molecule has 0 radical (unpaired) electrons. The number of amides is 1. The Morgan fingerprint density at radius 3 is 2.87 bits per heavy atom. The highest BCUT2D eigenvalue weighted by Gasteiger charge is 2.33. The highest BCUT2D eigenvalue weighted by Crippen LogP contribution is 2.22. The first kappa shape index (κ1) is 12.1. The summed E-state index contributed by atoms with van der Waals surface area (Å²) < 4.78 is 5.39. The van der Waals surface area contributed by atoms with Crippen molar-refractivity contribution in [1.29, 1.82) is 0 Å². The monoisotopic (exact) mass is 209 g/mol. The molecule has 1 aliphatic rings. The number of rotatable bonds is 4. The van der Waals surface area contributed by atoms with Crippen LogP contribution in [0.5, 0.6) is 0 Å². The molecule has 2 unspecified atom stereocenters. The van der Waals surface area contributed by atoms with Crippen LogP contribution in [0.15, 0.2) is 0 Å². The highest BCUT2D eigenvalue weighted by atomic mass is 16.5. The van der Waals surface area contributed by atoms with Gasteiger partial charge in [-0.1, -0.05) is 12.8 Å². The zero-order valence-electron chi connectivity index (χ0n) is 9.53. The van der Waals surface area contributed by atoms with Crippen LogP contribution in [0.1, 0.15) is 26.7 Å². The second-order valence-corrected chi connectivity index (χ2v) is 3.93. The summed E-state index contributed by atoms with van der Waals surface area (Å²) in [4.78, 5) is 13.8. The van der Waals surface area contributed by atoms with E-state index in [1.54, 1.807) is 4.90 Å². The lowest BCUT2D eigenvalue weighted by Crippen LogP contribution is -2.39. The Labute approximate surface area is 91.8 Å². The lowest BCUT2D eigenvalue weighted by atomic mass is 10.0. The Balaban J connectivity index is 2.58. The van der Waals surface area contributed by atoms with Gasteiger partial charge in [-0.25, -0.2) is 0 Å². The summed E-state index contributed by atoms with van der Waals surface area (Å²) in [5.41, 5.74) is 0. The van der Waals surface area contributed by atoms with E-state index in [1.807, 2.05) is 13.8 Å². The first-order valence-electron chi connectivity index (χ1n) is 5.54. The Morgan fingerprint density at radius 2 is 2.40 bits per heavy atom. The van der Waals surface area contributed by atoms with E-state index in [-0.39, 0.29) is 17.9 Å². The van der Waals surface area contributed by atoms with Crippen LogP contribution in [0.2, 0.25) is 0 Å². The number of carbonyl (C=O) groups excluding carboxylic acids is 1. The first-order valence-corrected chi connectivity index (χ1v) is 5.54. The normalized spacial score (nSPS) is 24.9. The van der Waals surface area contributed by atoms with Gasteiger partial charge in [0.1, 0.15) is 0 Å². The second kappa shape index (κ2) is 5.77. The third-order valence-corrected chi connectivity index (χ3v) is 2.78. The number of terminal acetylenes is 1. The number of hydrogen-bond donors (Lipinski definition) is 0. The van der Waals surface area contributed by atoms with Gasteiger partial charge < -0.3 is 9.64 Å². The van der Waals surface area contributed by atoms with Gasteiger partial charge in [0, 0.05) is 13.2 Å². The highest BCUT2D eigenvalue weighted by molar-refractivity contribution is 5.80. The topological polar surface area (TPSA) is 29.5 Å². The summed E-state index contributed by atoms with van der Waals surface area (Å²) in [6, 6.07) is 0. The Morgan fingerprint density at radius 1 is 1.67 bits per heavy atom. The molecule has 1 fully saturated rings. The lowest BCUT2D eigenvalue weighted by Gasteiger charge is -2.24. The zero-order chi connectivity index (χ0) is 11.3. The van der Waals surface area contributed by atoms with Crippen molar-refractivity contribution in [3.63, 3.8) is 0 Å². The van der Waals surface area contributed by atoms with Gasteiger partial charge in [-0.15, -0.1) is 6.42 Å². The maximum Gasteiger partial charge on any atom is 0.229 e. The van der Waals surface area contributed by atoms with Gasteiger partial charge >= 0.3 is 0 Å². The molecule has 3 nitrogen and oxygen atoms in total. The quantitative estimate of drug-likeness (QED) is 0.653. The molecule has 1 rings (SSSR count). The number of nitrogens with zero attached hydrogens (tertiary/aromatic N) is 1. The van der Waals surface area contributed by atoms with Crippen molar-refractivity contribution in [3.05, 3.63) is 0 Å². The zero-order valence-corrected chi connectivity index (χ0v) is 9.53. The van der Waals surface area contributed by atoms with Gasteiger partial charge in [0.25, 0.3) is 0 Å². The SMILES string of the molecule is C#CCN(CCC)C(=O)C1CCOC1C. The summed E-state index contributed by atoms with van der Waals surface area (Å²) >= 11 is 0. The largest absolute Gasteiger partial charge is 0.378 e. The van der Waals surface area contributed by atoms with Crippen molar-refractivity contribution in [1.82, 2.24) is 4.90 Å². The summed E-state index contributed by atoms with van der Waals surface area (Å²) in [6.07, 6.45) is 7.06. The Bertz CT molecular complexity index is 257. The fourth-order valence-electron chi connectivity index (χ4n) is 1.94. The van der Waals surface area contributed by atoms with Crippen LogP contribution in [0.3, 0.4) is 0 Å². The Hall–Kier alpha value is -1.01. The van der Waals surface area contributed by atoms with Crippen LogP contribution in [0.25, 0.3) is 0 Å². The van der Waals surface area contributed by atoms with E-state index < -0.39 is 0 Å². The predicted molar refractivity (Wildman–Crippen MR) is 59.2 cm³/mol. The molecule has 0 aromatic heterocycles. The molecule has 0 aliphatic carbocycles. The number of ether oxygens (including phenoxy) is 1. The van der Waals surface area contributed by atoms with Crippen molar-refractivity contribution in [3.8, 4) is 12.3 Å². The van der Waals surface area contributed by atoms with Crippen molar-refractivity contribution in [2.75, 3.05) is 19.7 Å². The van der Waals surface area contributed by atoms with Gasteiger partial charge in [0.2, 0.25) is 5.91 Å². The molecule has 1 aliphatic heterocycles. The van der Waals surface area contributed by atoms with E-state index in [9.17, 15) is 4.79 Å². The molecule has 0 spiro atoms. The minimum absolute atomic E-state index is 0.00454. The number of hydrogen-bond acceptors (Lipinski definition) is 2. The van der Waals surface area contributed by atoms with Crippen molar-refractivity contribution in [2.24, 2.45) is 5.92 Å². The van der Waals surface area contributed by atoms with Crippen LogP contribution >= 0.6 is 0 Å². The molecule has 3 heteroatoms. The summed E-state index contributed by atoms with van der Waals surface area (Å²) in [7, 11) is 0. The molecule has 0 aromatic carbocycles. The second-order valence-electron chi connectivity index (χ2n) is 3.93. The molecule has 84 valence electrons. The van der Waals surface area contributed by atoms with Crippen LogP contribution in [-0.2, 0) is 9.53 Å². The van der Waals surface area contributed by atoms with Crippen LogP contribution < -0.4 is 0 Å². The van der Waals surface area contributed by atoms with Gasteiger partial charge in [-0.05, 0) is 19.8 Å². The first-order chi connectivity index (χ1) is 7.20. The van der Waals surface area contributed by atoms with Gasteiger partial charge in [-0.2, -0.15) is 0 Å². The van der Waals surface area contributed by atoms with Crippen LogP contribution in [0.4, 0.5) is 0 Å². The van der Waals surface area contributed by atoms with Crippen molar-refractivity contribution < 1.29 is 9.53 Å². The van der Waals surface area contributed by atoms with Crippen molar-refractivity contribution in [2.45, 2.75) is 32.8 Å². The molecular weight excluding hydrogens is 190 g/mol. The maximum absolute atomic E-state index is 12.1. The van der Waals surface area contributed by atoms with E-state index in [1.165, 1.54) is 0 Å². The molecular formula is C12H19NO2. The smallest absolute Gasteiger partial charge is 0.229 e. The van der Waals surface area contributed by atoms with E-state index in [0.717, 1.165) is 19.4 Å². The van der Waals surface area contributed by atoms with Gasteiger partial charge in [0.05, 0.1) is 18.6 Å². The molecule has 1 saturated heterocycles. The molecule has 0 aromatic rings. The lowest BCUT2D eigenvalue weighted by molar-refractivity contribution is -0.136. The van der Waals surface area contributed by atoms with E-state index >= 15 is 0 Å². The molecule has 0 bridgehead atoms. The average molecular weight is 209 g/mol. The Kier molecular flexibility index (Phi) is 4.64. The van der Waals surface area contributed by atoms with Gasteiger partial charge in [0.15, 0.2) is 0 Å². The summed E-state index contributed by atoms with van der Waals surface area (Å²) in [5.74, 6) is 2.69. The molecule has 15 heavy (non-hydrogen) atoms. The summed E-state index contributed by atoms with van der Waals surface area (Å²) in [5, 5.41) is 0. The molecule has 1 amide bonds. The van der Waals surface area contributed by atoms with Crippen LogP contribution in [0, 0.1) is 18.3 Å². The van der Waals surface area contributed by atoms with E-state index in [0.29, 0.717) is 13.2 Å². The average Bonchev–Trinajstić information content (AvgIpc) is 2.63.